The second-order valence-corrected chi connectivity index (χ2v) is 6.49. The molecule has 0 bridgehead atoms. The first kappa shape index (κ1) is 18.2. The van der Waals surface area contributed by atoms with E-state index in [2.05, 4.69) is 5.32 Å². The topological polar surface area (TPSA) is 69.6 Å². The lowest BCUT2D eigenvalue weighted by molar-refractivity contribution is -0.147. The van der Waals surface area contributed by atoms with Crippen LogP contribution in [0.25, 0.3) is 0 Å². The summed E-state index contributed by atoms with van der Waals surface area (Å²) in [5, 5.41) is 12.0. The first-order valence-corrected chi connectivity index (χ1v) is 8.00. The highest BCUT2D eigenvalue weighted by molar-refractivity contribution is 5.79. The number of rotatable bonds is 5. The second-order valence-electron chi connectivity index (χ2n) is 6.49. The van der Waals surface area contributed by atoms with E-state index >= 15 is 0 Å². The fraction of sp³-hybridized carbons (Fsp3) is 0.529. The minimum absolute atomic E-state index is 0.110. The van der Waals surface area contributed by atoms with Crippen LogP contribution < -0.4 is 5.32 Å². The zero-order valence-electron chi connectivity index (χ0n) is 13.8. The van der Waals surface area contributed by atoms with Crippen LogP contribution in [0.3, 0.4) is 0 Å². The molecule has 1 aromatic carbocycles. The number of hydrogen-bond donors (Lipinski definition) is 2. The van der Waals surface area contributed by atoms with E-state index in [1.165, 1.54) is 11.0 Å². The summed E-state index contributed by atoms with van der Waals surface area (Å²) < 4.78 is 27.1. The molecule has 5 nitrogen and oxygen atoms in total. The zero-order valence-corrected chi connectivity index (χ0v) is 13.8. The molecule has 1 heterocycles. The van der Waals surface area contributed by atoms with Gasteiger partial charge in [-0.05, 0) is 25.8 Å². The molecule has 1 aliphatic heterocycles. The minimum Gasteiger partial charge on any atom is -0.481 e. The highest BCUT2D eigenvalue weighted by Crippen LogP contribution is 2.31. The standard InChI is InChI=1S/C17H22F2N2O3/c1-3-4-14(12-6-5-11(18)9-13(12)19)20-16(24)21-8-7-17(2,10-21)15(22)23/h5-6,9,14H,3-4,7-8,10H2,1-2H3,(H,20,24)(H,22,23). The molecule has 24 heavy (non-hydrogen) atoms. The van der Waals surface area contributed by atoms with Crippen molar-refractivity contribution in [3.8, 4) is 0 Å². The molecule has 0 radical (unpaired) electrons. The van der Waals surface area contributed by atoms with E-state index in [1.54, 1.807) is 6.92 Å². The third kappa shape index (κ3) is 3.83. The van der Waals surface area contributed by atoms with Gasteiger partial charge in [-0.1, -0.05) is 19.4 Å². The lowest BCUT2D eigenvalue weighted by atomic mass is 9.90. The van der Waals surface area contributed by atoms with Gasteiger partial charge in [0.1, 0.15) is 11.6 Å². The SMILES string of the molecule is CCCC(NC(=O)N1CCC(C)(C(=O)O)C1)c1ccc(F)cc1F. The summed E-state index contributed by atoms with van der Waals surface area (Å²) in [6, 6.07) is 2.27. The average Bonchev–Trinajstić information content (AvgIpc) is 2.91. The van der Waals surface area contributed by atoms with E-state index in [1.807, 2.05) is 6.92 Å². The Morgan fingerprint density at radius 2 is 2.12 bits per heavy atom. The summed E-state index contributed by atoms with van der Waals surface area (Å²) in [6.07, 6.45) is 1.58. The van der Waals surface area contributed by atoms with Gasteiger partial charge in [0, 0.05) is 24.7 Å². The lowest BCUT2D eigenvalue weighted by Crippen LogP contribution is -2.42. The monoisotopic (exact) mass is 340 g/mol. The first-order chi connectivity index (χ1) is 11.3. The van der Waals surface area contributed by atoms with Crippen LogP contribution in [0.1, 0.15) is 44.7 Å². The molecule has 0 spiro atoms. The van der Waals surface area contributed by atoms with Gasteiger partial charge in [0.15, 0.2) is 0 Å². The van der Waals surface area contributed by atoms with Gasteiger partial charge in [-0.15, -0.1) is 0 Å². The van der Waals surface area contributed by atoms with Crippen LogP contribution in [-0.4, -0.2) is 35.1 Å². The Bertz CT molecular complexity index is 638. The van der Waals surface area contributed by atoms with Crippen molar-refractivity contribution in [1.82, 2.24) is 10.2 Å². The molecule has 1 saturated heterocycles. The molecule has 1 aromatic rings. The van der Waals surface area contributed by atoms with Crippen LogP contribution in [0.2, 0.25) is 0 Å². The molecule has 2 unspecified atom stereocenters. The summed E-state index contributed by atoms with van der Waals surface area (Å²) in [7, 11) is 0. The van der Waals surface area contributed by atoms with Crippen LogP contribution in [0, 0.1) is 17.0 Å². The van der Waals surface area contributed by atoms with Gasteiger partial charge in [0.05, 0.1) is 11.5 Å². The van der Waals surface area contributed by atoms with Crippen molar-refractivity contribution in [1.29, 1.82) is 0 Å². The maximum atomic E-state index is 14.0. The van der Waals surface area contributed by atoms with Crippen molar-refractivity contribution in [2.24, 2.45) is 5.41 Å². The molecule has 2 amide bonds. The van der Waals surface area contributed by atoms with Crippen molar-refractivity contribution in [2.45, 2.75) is 39.2 Å². The van der Waals surface area contributed by atoms with Gasteiger partial charge in [0.2, 0.25) is 0 Å². The molecule has 0 aliphatic carbocycles. The number of aliphatic carboxylic acids is 1. The molecule has 0 saturated carbocycles. The van der Waals surface area contributed by atoms with Crippen molar-refractivity contribution < 1.29 is 23.5 Å². The number of carbonyl (C=O) groups is 2. The number of amides is 2. The van der Waals surface area contributed by atoms with Gasteiger partial charge in [-0.25, -0.2) is 13.6 Å². The largest absolute Gasteiger partial charge is 0.481 e. The fourth-order valence-corrected chi connectivity index (χ4v) is 2.93. The number of nitrogens with one attached hydrogen (secondary N) is 1. The van der Waals surface area contributed by atoms with Gasteiger partial charge in [-0.2, -0.15) is 0 Å². The van der Waals surface area contributed by atoms with Crippen LogP contribution in [0.4, 0.5) is 13.6 Å². The third-order valence-corrected chi connectivity index (χ3v) is 4.49. The summed E-state index contributed by atoms with van der Waals surface area (Å²) in [5.74, 6) is -2.31. The molecule has 0 aromatic heterocycles. The Labute approximate surface area is 139 Å². The van der Waals surface area contributed by atoms with Crippen LogP contribution >= 0.6 is 0 Å². The van der Waals surface area contributed by atoms with E-state index in [9.17, 15) is 23.5 Å². The Morgan fingerprint density at radius 3 is 2.67 bits per heavy atom. The molecule has 132 valence electrons. The highest BCUT2D eigenvalue weighted by atomic mass is 19.1. The van der Waals surface area contributed by atoms with Crippen LogP contribution in [0.5, 0.6) is 0 Å². The summed E-state index contributed by atoms with van der Waals surface area (Å²) in [5.41, 5.74) is -0.731. The van der Waals surface area contributed by atoms with E-state index < -0.39 is 35.1 Å². The third-order valence-electron chi connectivity index (χ3n) is 4.49. The Morgan fingerprint density at radius 1 is 1.42 bits per heavy atom. The van der Waals surface area contributed by atoms with Crippen molar-refractivity contribution in [3.05, 3.63) is 35.4 Å². The fourth-order valence-electron chi connectivity index (χ4n) is 2.93. The van der Waals surface area contributed by atoms with Gasteiger partial charge < -0.3 is 15.3 Å². The second kappa shape index (κ2) is 7.15. The van der Waals surface area contributed by atoms with Crippen LogP contribution in [-0.2, 0) is 4.79 Å². The lowest BCUT2D eigenvalue weighted by Gasteiger charge is -2.25. The van der Waals surface area contributed by atoms with E-state index in [0.717, 1.165) is 12.1 Å². The molecule has 1 aliphatic rings. The molecular weight excluding hydrogens is 318 g/mol. The van der Waals surface area contributed by atoms with Crippen molar-refractivity contribution in [3.63, 3.8) is 0 Å². The van der Waals surface area contributed by atoms with Gasteiger partial charge in [0.25, 0.3) is 0 Å². The summed E-state index contributed by atoms with van der Waals surface area (Å²) in [6.45, 7) is 3.95. The van der Waals surface area contributed by atoms with Crippen molar-refractivity contribution in [2.75, 3.05) is 13.1 Å². The number of carbonyl (C=O) groups excluding carboxylic acids is 1. The molecule has 7 heteroatoms. The number of likely N-dealkylation sites (tertiary alicyclic amines) is 1. The van der Waals surface area contributed by atoms with E-state index in [-0.39, 0.29) is 12.1 Å². The number of carboxylic acid groups (broad SMARTS) is 1. The average molecular weight is 340 g/mol. The van der Waals surface area contributed by atoms with Crippen molar-refractivity contribution >= 4 is 12.0 Å². The van der Waals surface area contributed by atoms with E-state index in [0.29, 0.717) is 25.8 Å². The Hall–Kier alpha value is -2.18. The predicted octanol–water partition coefficient (Wildman–Crippen LogP) is 3.31. The number of nitrogens with zero attached hydrogens (tertiary/aromatic N) is 1. The first-order valence-electron chi connectivity index (χ1n) is 8.00. The van der Waals surface area contributed by atoms with Gasteiger partial charge in [-0.3, -0.25) is 4.79 Å². The Balaban J connectivity index is 2.11. The normalized spacial score (nSPS) is 21.6. The predicted molar refractivity (Wildman–Crippen MR) is 84.5 cm³/mol. The smallest absolute Gasteiger partial charge is 0.317 e. The number of halogens is 2. The molecular formula is C17H22F2N2O3. The molecule has 2 rings (SSSR count). The maximum absolute atomic E-state index is 14.0. The molecule has 1 fully saturated rings. The molecule has 2 N–H and O–H groups in total. The Kier molecular flexibility index (Phi) is 5.41. The highest BCUT2D eigenvalue weighted by Gasteiger charge is 2.42. The van der Waals surface area contributed by atoms with Crippen LogP contribution in [0.15, 0.2) is 18.2 Å². The zero-order chi connectivity index (χ0) is 17.9. The number of carboxylic acids is 1. The summed E-state index contributed by atoms with van der Waals surface area (Å²) >= 11 is 0. The number of benzene rings is 1. The number of urea groups is 1. The summed E-state index contributed by atoms with van der Waals surface area (Å²) in [4.78, 5) is 25.1. The number of hydrogen-bond acceptors (Lipinski definition) is 2. The minimum atomic E-state index is -0.960. The molecule has 2 atom stereocenters. The maximum Gasteiger partial charge on any atom is 0.317 e. The van der Waals surface area contributed by atoms with E-state index in [4.69, 9.17) is 0 Å². The van der Waals surface area contributed by atoms with Gasteiger partial charge >= 0.3 is 12.0 Å². The quantitative estimate of drug-likeness (QED) is 0.864.